The van der Waals surface area contributed by atoms with Gasteiger partial charge in [-0.1, -0.05) is 107 Å². The first-order valence-electron chi connectivity index (χ1n) is 19.0. The molecule has 0 saturated heterocycles. The lowest BCUT2D eigenvalue weighted by molar-refractivity contribution is 0.145. The summed E-state index contributed by atoms with van der Waals surface area (Å²) >= 11 is 0. The minimum Gasteiger partial charge on any atom is -0.302 e. The molecule has 0 amide bonds. The third kappa shape index (κ3) is 52.5. The maximum atomic E-state index is 11.1. The van der Waals surface area contributed by atoms with E-state index >= 15 is 0 Å². The highest BCUT2D eigenvalue weighted by Gasteiger charge is 2.21. The monoisotopic (exact) mass is 840 g/mol. The molecule has 0 aromatic rings. The molecule has 0 fully saturated rings. The highest BCUT2D eigenvalue weighted by atomic mass is 31.2. The lowest BCUT2D eigenvalue weighted by Crippen LogP contribution is -1.98. The maximum absolute atomic E-state index is 11.1. The fourth-order valence-electron chi connectivity index (χ4n) is 2.74. The van der Waals surface area contributed by atoms with Crippen LogP contribution in [0.2, 0.25) is 0 Å². The minimum atomic E-state index is -3.75. The number of hydrogen-bond acceptors (Lipinski definition) is 12. The summed E-state index contributed by atoms with van der Waals surface area (Å²) in [7, 11) is -15.0. The molecule has 0 aliphatic carbocycles. The smallest absolute Gasteiger partial charge is 0.302 e. The fraction of sp³-hybridized carbons (Fsp3) is 1.00. The predicted octanol–water partition coefficient (Wildman–Crippen LogP) is 10.9. The molecule has 0 bridgehead atoms. The van der Waals surface area contributed by atoms with Crippen LogP contribution in [0.15, 0.2) is 0 Å². The zero-order chi connectivity index (χ0) is 40.6. The molecular formula is C32H76O16P4. The Hall–Kier alpha value is 0.440. The first kappa shape index (κ1) is 59.1. The number of unbranched alkanes of at least 4 members (excludes halogenated alkanes) is 8. The molecule has 0 radical (unpaired) electrons. The van der Waals surface area contributed by atoms with Gasteiger partial charge in [-0.2, -0.15) is 0 Å². The van der Waals surface area contributed by atoms with Gasteiger partial charge in [0.05, 0.1) is 52.9 Å². The van der Waals surface area contributed by atoms with Crippen molar-refractivity contribution < 1.29 is 74.0 Å². The van der Waals surface area contributed by atoms with Crippen LogP contribution < -0.4 is 0 Å². The highest BCUT2D eigenvalue weighted by Crippen LogP contribution is 2.45. The van der Waals surface area contributed by atoms with E-state index in [1.165, 1.54) is 0 Å². The summed E-state index contributed by atoms with van der Waals surface area (Å²) < 4.78 is 81.9. The van der Waals surface area contributed by atoms with Crippen LogP contribution in [0, 0.1) is 0 Å². The van der Waals surface area contributed by atoms with Gasteiger partial charge in [-0.15, -0.1) is 0 Å². The van der Waals surface area contributed by atoms with Crippen molar-refractivity contribution in [3.05, 3.63) is 0 Å². The van der Waals surface area contributed by atoms with Crippen LogP contribution in [-0.2, 0) is 54.5 Å². The second-order valence-corrected chi connectivity index (χ2v) is 17.2. The van der Waals surface area contributed by atoms with Crippen molar-refractivity contribution in [2.45, 2.75) is 158 Å². The molecule has 0 atom stereocenters. The van der Waals surface area contributed by atoms with E-state index in [1.807, 2.05) is 55.4 Å². The molecule has 0 rings (SSSR count). The third-order valence-electron chi connectivity index (χ3n) is 6.02. The Bertz CT molecular complexity index is 729. The van der Waals surface area contributed by atoms with E-state index in [9.17, 15) is 18.3 Å². The van der Waals surface area contributed by atoms with Gasteiger partial charge in [-0.05, 0) is 51.4 Å². The second-order valence-electron chi connectivity index (χ2n) is 11.4. The highest BCUT2D eigenvalue weighted by molar-refractivity contribution is 7.48. The maximum Gasteiger partial charge on any atom is 0.472 e. The first-order valence-corrected chi connectivity index (χ1v) is 24.9. The van der Waals surface area contributed by atoms with E-state index < -0.39 is 31.3 Å². The van der Waals surface area contributed by atoms with Gasteiger partial charge in [0.2, 0.25) is 0 Å². The van der Waals surface area contributed by atoms with Crippen molar-refractivity contribution >= 4 is 31.3 Å². The molecule has 4 N–H and O–H groups in total. The van der Waals surface area contributed by atoms with Gasteiger partial charge in [0.1, 0.15) is 0 Å². The number of rotatable bonds is 32. The Labute approximate surface area is 315 Å². The standard InChI is InChI=1S/4C8H19O4P/c4*1-3-5-7-11-13(9,10)12-8-6-4-2/h4*3-8H2,1-2H3,(H,9,10). The van der Waals surface area contributed by atoms with Crippen molar-refractivity contribution in [3.63, 3.8) is 0 Å². The number of hydrogen-bond donors (Lipinski definition) is 4. The molecule has 0 aromatic heterocycles. The molecule has 0 unspecified atom stereocenters. The van der Waals surface area contributed by atoms with Gasteiger partial charge < -0.3 is 19.6 Å². The fourth-order valence-corrected chi connectivity index (χ4v) is 5.92. The first-order chi connectivity index (χ1) is 24.5. The van der Waals surface area contributed by atoms with Gasteiger partial charge >= 0.3 is 31.3 Å². The van der Waals surface area contributed by atoms with Crippen LogP contribution in [0.5, 0.6) is 0 Å². The van der Waals surface area contributed by atoms with Gasteiger partial charge in [-0.25, -0.2) is 18.3 Å². The van der Waals surface area contributed by atoms with Crippen LogP contribution in [0.1, 0.15) is 158 Å². The zero-order valence-electron chi connectivity index (χ0n) is 33.4. The zero-order valence-corrected chi connectivity index (χ0v) is 37.0. The van der Waals surface area contributed by atoms with Crippen molar-refractivity contribution in [3.8, 4) is 0 Å². The van der Waals surface area contributed by atoms with Crippen LogP contribution >= 0.6 is 31.3 Å². The summed E-state index contributed by atoms with van der Waals surface area (Å²) in [5, 5.41) is 0. The normalized spacial score (nSPS) is 11.9. The van der Waals surface area contributed by atoms with Gasteiger partial charge in [0.15, 0.2) is 0 Å². The van der Waals surface area contributed by atoms with Crippen molar-refractivity contribution in [2.75, 3.05) is 52.9 Å². The summed E-state index contributed by atoms with van der Waals surface area (Å²) in [6.45, 7) is 18.2. The molecule has 0 heterocycles. The van der Waals surface area contributed by atoms with Gasteiger partial charge in [0, 0.05) is 0 Å². The average Bonchev–Trinajstić information content (AvgIpc) is 3.06. The quantitative estimate of drug-likeness (QED) is 0.0365. The number of phosphoric acid groups is 4. The molecular weight excluding hydrogens is 764 g/mol. The number of phosphoric ester groups is 4. The summed E-state index contributed by atoms with van der Waals surface area (Å²) in [5.74, 6) is 0. The second kappa shape index (κ2) is 41.1. The van der Waals surface area contributed by atoms with Crippen molar-refractivity contribution in [1.29, 1.82) is 0 Å². The van der Waals surface area contributed by atoms with Crippen LogP contribution in [0.3, 0.4) is 0 Å². The van der Waals surface area contributed by atoms with E-state index in [0.717, 1.165) is 103 Å². The summed E-state index contributed by atoms with van der Waals surface area (Å²) in [6.07, 6.45) is 13.8. The Morgan fingerprint density at radius 3 is 0.442 bits per heavy atom. The molecule has 16 nitrogen and oxygen atoms in total. The predicted molar refractivity (Wildman–Crippen MR) is 206 cm³/mol. The Morgan fingerprint density at radius 1 is 0.269 bits per heavy atom. The van der Waals surface area contributed by atoms with E-state index in [-0.39, 0.29) is 52.9 Å². The molecule has 0 spiro atoms. The lowest BCUT2D eigenvalue weighted by atomic mass is 10.4. The summed E-state index contributed by atoms with van der Waals surface area (Å²) in [6, 6.07) is 0. The summed E-state index contributed by atoms with van der Waals surface area (Å²) in [4.78, 5) is 36.3. The average molecular weight is 841 g/mol. The minimum absolute atomic E-state index is 0.288. The Balaban J connectivity index is -0.000000295. The molecule has 320 valence electrons. The van der Waals surface area contributed by atoms with E-state index in [4.69, 9.17) is 55.8 Å². The topological polar surface area (TPSA) is 223 Å². The van der Waals surface area contributed by atoms with Gasteiger partial charge in [-0.3, -0.25) is 36.2 Å². The van der Waals surface area contributed by atoms with E-state index in [2.05, 4.69) is 0 Å². The molecule has 0 aliphatic heterocycles. The molecule has 52 heavy (non-hydrogen) atoms. The molecule has 0 aliphatic rings. The molecule has 0 aromatic carbocycles. The van der Waals surface area contributed by atoms with Crippen LogP contribution in [0.4, 0.5) is 0 Å². The molecule has 20 heteroatoms. The largest absolute Gasteiger partial charge is 0.472 e. The summed E-state index contributed by atoms with van der Waals surface area (Å²) in [5.41, 5.74) is 0. The Morgan fingerprint density at radius 2 is 0.365 bits per heavy atom. The van der Waals surface area contributed by atoms with E-state index in [1.54, 1.807) is 0 Å². The SMILES string of the molecule is CCCCOP(=O)(O)OCCCC.CCCCOP(=O)(O)OCCCC.CCCCOP(=O)(O)OCCCC.CCCCOP(=O)(O)OCCCC. The molecule has 0 saturated carbocycles. The van der Waals surface area contributed by atoms with Crippen LogP contribution in [-0.4, -0.2) is 72.4 Å². The van der Waals surface area contributed by atoms with Crippen LogP contribution in [0.25, 0.3) is 0 Å². The third-order valence-corrected chi connectivity index (χ3v) is 10.1. The van der Waals surface area contributed by atoms with Crippen molar-refractivity contribution in [1.82, 2.24) is 0 Å². The Kier molecular flexibility index (Phi) is 46.7. The lowest BCUT2D eigenvalue weighted by Gasteiger charge is -2.10. The van der Waals surface area contributed by atoms with Gasteiger partial charge in [0.25, 0.3) is 0 Å². The van der Waals surface area contributed by atoms with Crippen molar-refractivity contribution in [2.24, 2.45) is 0 Å². The van der Waals surface area contributed by atoms with E-state index in [0.29, 0.717) is 0 Å².